The van der Waals surface area contributed by atoms with Crippen LogP contribution in [0.3, 0.4) is 0 Å². The Morgan fingerprint density at radius 1 is 1.10 bits per heavy atom. The van der Waals surface area contributed by atoms with Crippen molar-refractivity contribution < 1.29 is 23.0 Å². The Morgan fingerprint density at radius 2 is 1.80 bits per heavy atom. The van der Waals surface area contributed by atoms with Gasteiger partial charge in [-0.15, -0.1) is 0 Å². The second kappa shape index (κ2) is 5.32. The molecule has 2 rings (SSSR count). The molecule has 0 bridgehead atoms. The maximum absolute atomic E-state index is 12.6. The molecule has 0 saturated carbocycles. The lowest BCUT2D eigenvalue weighted by Crippen LogP contribution is -2.06. The van der Waals surface area contributed by atoms with E-state index in [-0.39, 0.29) is 23.8 Å². The number of ether oxygens (including phenoxy) is 1. The van der Waals surface area contributed by atoms with E-state index < -0.39 is 11.7 Å². The molecular formula is C14H12F3NO2. The molecule has 0 fully saturated rings. The number of benzene rings is 2. The molecule has 0 aromatic heterocycles. The molecule has 0 saturated heterocycles. The van der Waals surface area contributed by atoms with Crippen LogP contribution in [0.4, 0.5) is 18.9 Å². The van der Waals surface area contributed by atoms with Gasteiger partial charge in [-0.3, -0.25) is 0 Å². The fraction of sp³-hybridized carbons (Fsp3) is 0.143. The Labute approximate surface area is 113 Å². The summed E-state index contributed by atoms with van der Waals surface area (Å²) < 4.78 is 43.0. The van der Waals surface area contributed by atoms with Gasteiger partial charge in [-0.1, -0.05) is 18.2 Å². The van der Waals surface area contributed by atoms with Gasteiger partial charge in [0.15, 0.2) is 0 Å². The van der Waals surface area contributed by atoms with Gasteiger partial charge in [0, 0.05) is 0 Å². The molecule has 2 aromatic rings. The van der Waals surface area contributed by atoms with E-state index in [0.717, 1.165) is 12.1 Å². The number of anilines is 1. The van der Waals surface area contributed by atoms with Gasteiger partial charge in [0.25, 0.3) is 0 Å². The highest BCUT2D eigenvalue weighted by Gasteiger charge is 2.30. The van der Waals surface area contributed by atoms with Gasteiger partial charge in [0.1, 0.15) is 23.8 Å². The summed E-state index contributed by atoms with van der Waals surface area (Å²) in [5.41, 5.74) is 5.28. The number of nitrogen functional groups attached to an aromatic ring is 1. The molecule has 0 unspecified atom stereocenters. The number of aromatic hydroxyl groups is 1. The van der Waals surface area contributed by atoms with E-state index in [1.165, 1.54) is 30.3 Å². The maximum Gasteiger partial charge on any atom is 0.416 e. The summed E-state index contributed by atoms with van der Waals surface area (Å²) in [6, 6.07) is 9.30. The summed E-state index contributed by atoms with van der Waals surface area (Å²) in [5.74, 6) is 0.0916. The minimum atomic E-state index is -4.39. The van der Waals surface area contributed by atoms with E-state index in [1.807, 2.05) is 0 Å². The van der Waals surface area contributed by atoms with Gasteiger partial charge in [-0.2, -0.15) is 13.2 Å². The number of hydrogen-bond acceptors (Lipinski definition) is 3. The SMILES string of the molecule is Nc1c(O)cccc1OCc1cccc(C(F)(F)F)c1. The Hall–Kier alpha value is -2.37. The predicted octanol–water partition coefficient (Wildman–Crippen LogP) is 3.57. The van der Waals surface area contributed by atoms with Gasteiger partial charge < -0.3 is 15.6 Å². The van der Waals surface area contributed by atoms with E-state index in [1.54, 1.807) is 0 Å². The molecule has 3 N–H and O–H groups in total. The van der Waals surface area contributed by atoms with Gasteiger partial charge >= 0.3 is 6.18 Å². The molecule has 0 atom stereocenters. The normalized spacial score (nSPS) is 11.3. The van der Waals surface area contributed by atoms with Crippen LogP contribution in [0.15, 0.2) is 42.5 Å². The Kier molecular flexibility index (Phi) is 3.74. The average molecular weight is 283 g/mol. The fourth-order valence-electron chi connectivity index (χ4n) is 1.66. The number of hydrogen-bond donors (Lipinski definition) is 2. The van der Waals surface area contributed by atoms with E-state index in [4.69, 9.17) is 10.5 Å². The van der Waals surface area contributed by atoms with Crippen molar-refractivity contribution in [3.63, 3.8) is 0 Å². The van der Waals surface area contributed by atoms with E-state index in [9.17, 15) is 18.3 Å². The van der Waals surface area contributed by atoms with Crippen LogP contribution in [0.2, 0.25) is 0 Å². The monoisotopic (exact) mass is 283 g/mol. The molecule has 2 aromatic carbocycles. The van der Waals surface area contributed by atoms with Crippen molar-refractivity contribution in [3.05, 3.63) is 53.6 Å². The first kappa shape index (κ1) is 14.0. The zero-order chi connectivity index (χ0) is 14.8. The van der Waals surface area contributed by atoms with Crippen molar-refractivity contribution >= 4 is 5.69 Å². The molecule has 0 radical (unpaired) electrons. The highest BCUT2D eigenvalue weighted by atomic mass is 19.4. The van der Waals surface area contributed by atoms with Crippen LogP contribution in [0, 0.1) is 0 Å². The predicted molar refractivity (Wildman–Crippen MR) is 68.3 cm³/mol. The summed E-state index contributed by atoms with van der Waals surface area (Å²) in [4.78, 5) is 0. The number of para-hydroxylation sites is 1. The molecule has 6 heteroatoms. The van der Waals surface area contributed by atoms with Crippen molar-refractivity contribution in [2.45, 2.75) is 12.8 Å². The number of phenols is 1. The topological polar surface area (TPSA) is 55.5 Å². The molecule has 0 heterocycles. The Balaban J connectivity index is 2.13. The molecule has 20 heavy (non-hydrogen) atoms. The van der Waals surface area contributed by atoms with Crippen LogP contribution < -0.4 is 10.5 Å². The third-order valence-corrected chi connectivity index (χ3v) is 2.69. The number of phenolic OH excluding ortho intramolecular Hbond substituents is 1. The van der Waals surface area contributed by atoms with Gasteiger partial charge in [-0.25, -0.2) is 0 Å². The van der Waals surface area contributed by atoms with Crippen LogP contribution in [-0.4, -0.2) is 5.11 Å². The molecule has 0 aliphatic carbocycles. The summed E-state index contributed by atoms with van der Waals surface area (Å²) in [6.07, 6.45) is -4.39. The van der Waals surface area contributed by atoms with E-state index in [2.05, 4.69) is 0 Å². The van der Waals surface area contributed by atoms with Crippen molar-refractivity contribution in [2.24, 2.45) is 0 Å². The third-order valence-electron chi connectivity index (χ3n) is 2.69. The minimum Gasteiger partial charge on any atom is -0.506 e. The van der Waals surface area contributed by atoms with Crippen LogP contribution in [0.1, 0.15) is 11.1 Å². The van der Waals surface area contributed by atoms with E-state index in [0.29, 0.717) is 5.56 Å². The summed E-state index contributed by atoms with van der Waals surface area (Å²) in [7, 11) is 0. The zero-order valence-electron chi connectivity index (χ0n) is 10.3. The van der Waals surface area contributed by atoms with Crippen LogP contribution in [-0.2, 0) is 12.8 Å². The second-order valence-corrected chi connectivity index (χ2v) is 4.18. The van der Waals surface area contributed by atoms with Crippen molar-refractivity contribution in [1.82, 2.24) is 0 Å². The number of alkyl halides is 3. The lowest BCUT2D eigenvalue weighted by Gasteiger charge is -2.11. The van der Waals surface area contributed by atoms with Gasteiger partial charge in [-0.05, 0) is 29.8 Å². The quantitative estimate of drug-likeness (QED) is 0.668. The molecule has 106 valence electrons. The van der Waals surface area contributed by atoms with Crippen LogP contribution in [0.5, 0.6) is 11.5 Å². The molecule has 3 nitrogen and oxygen atoms in total. The Morgan fingerprint density at radius 3 is 2.50 bits per heavy atom. The molecule has 0 spiro atoms. The molecule has 0 amide bonds. The maximum atomic E-state index is 12.6. The first-order valence-corrected chi connectivity index (χ1v) is 5.74. The number of rotatable bonds is 3. The van der Waals surface area contributed by atoms with Gasteiger partial charge in [0.2, 0.25) is 0 Å². The highest BCUT2D eigenvalue weighted by molar-refractivity contribution is 5.61. The van der Waals surface area contributed by atoms with Crippen molar-refractivity contribution in [1.29, 1.82) is 0 Å². The Bertz CT molecular complexity index is 612. The lowest BCUT2D eigenvalue weighted by atomic mass is 10.1. The smallest absolute Gasteiger partial charge is 0.416 e. The zero-order valence-corrected chi connectivity index (χ0v) is 10.3. The van der Waals surface area contributed by atoms with Crippen molar-refractivity contribution in [3.8, 4) is 11.5 Å². The standard InChI is InChI=1S/C14H12F3NO2/c15-14(16,17)10-4-1-3-9(7-10)8-20-12-6-2-5-11(19)13(12)18/h1-7,19H,8,18H2. The lowest BCUT2D eigenvalue weighted by molar-refractivity contribution is -0.137. The van der Waals surface area contributed by atoms with Crippen LogP contribution in [0.25, 0.3) is 0 Å². The first-order valence-electron chi connectivity index (χ1n) is 5.74. The fourth-order valence-corrected chi connectivity index (χ4v) is 1.66. The molecule has 0 aliphatic heterocycles. The highest BCUT2D eigenvalue weighted by Crippen LogP contribution is 2.32. The second-order valence-electron chi connectivity index (χ2n) is 4.18. The number of halogens is 3. The summed E-state index contributed by atoms with van der Waals surface area (Å²) in [6.45, 7) is -0.0719. The summed E-state index contributed by atoms with van der Waals surface area (Å²) in [5, 5.41) is 9.39. The van der Waals surface area contributed by atoms with Crippen LogP contribution >= 0.6 is 0 Å². The molecule has 0 aliphatic rings. The largest absolute Gasteiger partial charge is 0.506 e. The van der Waals surface area contributed by atoms with Crippen molar-refractivity contribution in [2.75, 3.05) is 5.73 Å². The summed E-state index contributed by atoms with van der Waals surface area (Å²) >= 11 is 0. The average Bonchev–Trinajstić information content (AvgIpc) is 2.40. The number of nitrogens with two attached hydrogens (primary N) is 1. The molecular weight excluding hydrogens is 271 g/mol. The minimum absolute atomic E-state index is 0.0551. The first-order chi connectivity index (χ1) is 9.38. The van der Waals surface area contributed by atoms with E-state index >= 15 is 0 Å². The third kappa shape index (κ3) is 3.14. The van der Waals surface area contributed by atoms with Gasteiger partial charge in [0.05, 0.1) is 5.56 Å².